The van der Waals surface area contributed by atoms with Gasteiger partial charge in [-0.05, 0) is 83.9 Å². The van der Waals surface area contributed by atoms with Crippen LogP contribution in [0.4, 0.5) is 16.4 Å². The van der Waals surface area contributed by atoms with E-state index in [0.29, 0.717) is 35.0 Å². The summed E-state index contributed by atoms with van der Waals surface area (Å²) in [6.07, 6.45) is 6.70. The molecule has 1 aliphatic carbocycles. The summed E-state index contributed by atoms with van der Waals surface area (Å²) in [5.41, 5.74) is 0.387. The summed E-state index contributed by atoms with van der Waals surface area (Å²) < 4.78 is 10.9. The van der Waals surface area contributed by atoms with Gasteiger partial charge in [-0.3, -0.25) is 4.79 Å². The van der Waals surface area contributed by atoms with E-state index in [-0.39, 0.29) is 23.7 Å². The molecule has 4 aromatic heterocycles. The Morgan fingerprint density at radius 3 is 2.59 bits per heavy atom. The quantitative estimate of drug-likeness (QED) is 0.206. The van der Waals surface area contributed by atoms with Crippen molar-refractivity contribution in [1.82, 2.24) is 33.8 Å². The van der Waals surface area contributed by atoms with Gasteiger partial charge >= 0.3 is 6.09 Å². The molecule has 12 heteroatoms. The van der Waals surface area contributed by atoms with Gasteiger partial charge in [0.1, 0.15) is 16.6 Å². The Bertz CT molecular complexity index is 2020. The van der Waals surface area contributed by atoms with Gasteiger partial charge in [0.25, 0.3) is 5.56 Å². The molecule has 0 atom stereocenters. The Morgan fingerprint density at radius 1 is 1.15 bits per heavy atom. The first kappa shape index (κ1) is 31.0. The third-order valence-electron chi connectivity index (χ3n) is 8.25. The minimum atomic E-state index is -1.17. The first-order chi connectivity index (χ1) is 21.7. The highest BCUT2D eigenvalue weighted by atomic mass is 16.6. The van der Waals surface area contributed by atoms with Crippen molar-refractivity contribution < 1.29 is 14.6 Å². The Kier molecular flexibility index (Phi) is 7.51. The molecule has 0 bridgehead atoms. The molecule has 1 aromatic carbocycles. The number of fused-ring (bicyclic) bond motifs is 2. The zero-order valence-corrected chi connectivity index (χ0v) is 27.1. The molecule has 2 N–H and O–H groups in total. The molecule has 240 valence electrons. The van der Waals surface area contributed by atoms with E-state index in [2.05, 4.69) is 26.4 Å². The number of nitrogens with one attached hydrogen (secondary N) is 1. The predicted octanol–water partition coefficient (Wildman–Crippen LogP) is 5.49. The van der Waals surface area contributed by atoms with E-state index in [4.69, 9.17) is 9.72 Å². The molecule has 0 saturated heterocycles. The van der Waals surface area contributed by atoms with Crippen LogP contribution in [0.3, 0.4) is 0 Å². The fourth-order valence-corrected chi connectivity index (χ4v) is 5.62. The highest BCUT2D eigenvalue weighted by Gasteiger charge is 2.50. The average molecular weight is 625 g/mol. The number of aromatic nitrogens is 6. The Labute approximate surface area is 266 Å². The third kappa shape index (κ3) is 5.87. The smallest absolute Gasteiger partial charge is 0.410 e. The zero-order chi connectivity index (χ0) is 33.0. The fraction of sp³-hybridized carbons (Fsp3) is 0.382. The van der Waals surface area contributed by atoms with E-state index in [1.807, 2.05) is 58.3 Å². The van der Waals surface area contributed by atoms with Crippen LogP contribution in [0.2, 0.25) is 0 Å². The zero-order valence-electron chi connectivity index (χ0n) is 27.1. The number of nitrogens with zero attached hydrogens (tertiary/aromatic N) is 7. The van der Waals surface area contributed by atoms with Crippen LogP contribution in [0, 0.1) is 0 Å². The summed E-state index contributed by atoms with van der Waals surface area (Å²) in [4.78, 5) is 41.7. The number of rotatable bonds is 9. The van der Waals surface area contributed by atoms with Gasteiger partial charge in [0.05, 0.1) is 17.8 Å². The van der Waals surface area contributed by atoms with Crippen molar-refractivity contribution >= 4 is 39.7 Å². The van der Waals surface area contributed by atoms with Crippen molar-refractivity contribution in [2.24, 2.45) is 0 Å². The van der Waals surface area contributed by atoms with E-state index in [1.54, 1.807) is 47.7 Å². The maximum atomic E-state index is 13.3. The van der Waals surface area contributed by atoms with Crippen molar-refractivity contribution in [2.75, 3.05) is 12.4 Å². The number of benzene rings is 1. The number of likely N-dealkylation sites (N-methyl/N-ethyl adjacent to an activating group) is 1. The molecule has 0 spiro atoms. The van der Waals surface area contributed by atoms with Crippen LogP contribution in [0.5, 0.6) is 0 Å². The van der Waals surface area contributed by atoms with Gasteiger partial charge in [-0.1, -0.05) is 12.1 Å². The Balaban J connectivity index is 1.29. The van der Waals surface area contributed by atoms with Gasteiger partial charge in [0.2, 0.25) is 5.95 Å². The number of pyridine rings is 1. The molecular formula is C34H40N8O4. The van der Waals surface area contributed by atoms with Crippen LogP contribution in [-0.2, 0) is 23.4 Å². The number of ether oxygens (including phenoxy) is 1. The normalized spacial score (nSPS) is 14.4. The van der Waals surface area contributed by atoms with Crippen LogP contribution < -0.4 is 10.9 Å². The second-order valence-electron chi connectivity index (χ2n) is 13.5. The van der Waals surface area contributed by atoms with Crippen LogP contribution in [0.1, 0.15) is 53.2 Å². The maximum Gasteiger partial charge on any atom is 0.410 e. The maximum absolute atomic E-state index is 13.3. The lowest BCUT2D eigenvalue weighted by atomic mass is 10.1. The SMILES string of the molecule is C=CCn1c(=O)c2cnc(Nc3ccc4c(ccn4CC4(N(C)C(=O)OC(C)(C)C)CC4)c3)nc2n1-c1cccc(C(C)(C)O)n1. The van der Waals surface area contributed by atoms with Crippen LogP contribution in [0.15, 0.2) is 72.3 Å². The minimum absolute atomic E-state index is 0.231. The monoisotopic (exact) mass is 624 g/mol. The van der Waals surface area contributed by atoms with Gasteiger partial charge in [0.15, 0.2) is 11.5 Å². The van der Waals surface area contributed by atoms with Crippen LogP contribution in [-0.4, -0.2) is 63.2 Å². The molecule has 1 aliphatic rings. The van der Waals surface area contributed by atoms with Crippen LogP contribution >= 0.6 is 0 Å². The predicted molar refractivity (Wildman–Crippen MR) is 178 cm³/mol. The molecule has 0 aliphatic heterocycles. The van der Waals surface area contributed by atoms with Crippen molar-refractivity contribution in [2.45, 2.75) is 77.3 Å². The Hall–Kier alpha value is -4.97. The van der Waals surface area contributed by atoms with E-state index >= 15 is 0 Å². The van der Waals surface area contributed by atoms with Crippen LogP contribution in [0.25, 0.3) is 27.8 Å². The average Bonchev–Trinajstić information content (AvgIpc) is 3.59. The van der Waals surface area contributed by atoms with Gasteiger partial charge in [-0.2, -0.15) is 4.98 Å². The van der Waals surface area contributed by atoms with E-state index in [0.717, 1.165) is 29.4 Å². The molecule has 1 saturated carbocycles. The molecule has 6 rings (SSSR count). The molecular weight excluding hydrogens is 584 g/mol. The van der Waals surface area contributed by atoms with Gasteiger partial charge < -0.3 is 24.6 Å². The first-order valence-electron chi connectivity index (χ1n) is 15.3. The number of amides is 1. The fourth-order valence-electron chi connectivity index (χ4n) is 5.62. The summed E-state index contributed by atoms with van der Waals surface area (Å²) in [7, 11) is 1.82. The molecule has 5 aromatic rings. The lowest BCUT2D eigenvalue weighted by Gasteiger charge is -2.31. The van der Waals surface area contributed by atoms with Crippen molar-refractivity contribution in [3.05, 3.63) is 83.6 Å². The van der Waals surface area contributed by atoms with Crippen molar-refractivity contribution in [3.63, 3.8) is 0 Å². The second kappa shape index (κ2) is 11.1. The lowest BCUT2D eigenvalue weighted by Crippen LogP contribution is -2.44. The number of carbonyl (C=O) groups is 1. The summed E-state index contributed by atoms with van der Waals surface area (Å²) in [5, 5.41) is 15.2. The molecule has 46 heavy (non-hydrogen) atoms. The number of aliphatic hydroxyl groups is 1. The summed E-state index contributed by atoms with van der Waals surface area (Å²) in [5.74, 6) is 0.747. The molecule has 12 nitrogen and oxygen atoms in total. The number of allylic oxidation sites excluding steroid dienone is 1. The summed E-state index contributed by atoms with van der Waals surface area (Å²) in [6, 6.07) is 13.3. The Morgan fingerprint density at radius 2 is 1.91 bits per heavy atom. The number of hydrogen-bond acceptors (Lipinski definition) is 8. The minimum Gasteiger partial charge on any atom is -0.444 e. The summed E-state index contributed by atoms with van der Waals surface area (Å²) in [6.45, 7) is 13.6. The van der Waals surface area contributed by atoms with Crippen molar-refractivity contribution in [1.29, 1.82) is 0 Å². The second-order valence-corrected chi connectivity index (χ2v) is 13.5. The molecule has 0 radical (unpaired) electrons. The topological polar surface area (TPSA) is 132 Å². The van der Waals surface area contributed by atoms with Gasteiger partial charge in [-0.15, -0.1) is 6.58 Å². The number of carbonyl (C=O) groups excluding carboxylic acids is 1. The first-order valence-corrected chi connectivity index (χ1v) is 15.3. The lowest BCUT2D eigenvalue weighted by molar-refractivity contribution is 0.0178. The molecule has 1 fully saturated rings. The number of anilines is 2. The molecule has 1 amide bonds. The van der Waals surface area contributed by atoms with E-state index < -0.39 is 11.2 Å². The number of hydrogen-bond donors (Lipinski definition) is 2. The largest absolute Gasteiger partial charge is 0.444 e. The standard InChI is InChI=1S/C34H40N8O4/c1-8-17-41-29(43)24-20-35-30(38-28(24)42(41)27-11-9-10-26(37-27)33(5,6)45)36-23-12-13-25-22(19-23)14-18-40(25)21-34(15-16-34)39(7)31(44)46-32(2,3)4/h8-14,18-20,45H,1,15-17,21H2,2-7H3,(H,35,36,38). The molecule has 4 heterocycles. The highest BCUT2D eigenvalue weighted by molar-refractivity contribution is 5.85. The summed E-state index contributed by atoms with van der Waals surface area (Å²) >= 11 is 0. The van der Waals surface area contributed by atoms with Gasteiger partial charge in [-0.25, -0.2) is 24.1 Å². The third-order valence-corrected chi connectivity index (χ3v) is 8.25. The van der Waals surface area contributed by atoms with E-state index in [1.165, 1.54) is 10.9 Å². The molecule has 0 unspecified atom stereocenters. The van der Waals surface area contributed by atoms with E-state index in [9.17, 15) is 14.7 Å². The van der Waals surface area contributed by atoms with Crippen molar-refractivity contribution in [3.8, 4) is 5.82 Å². The van der Waals surface area contributed by atoms with Gasteiger partial charge in [0, 0.05) is 42.6 Å². The highest BCUT2D eigenvalue weighted by Crippen LogP contribution is 2.44.